The van der Waals surface area contributed by atoms with Gasteiger partial charge in [-0.1, -0.05) is 17.7 Å². The summed E-state index contributed by atoms with van der Waals surface area (Å²) in [6.45, 7) is 3.24. The molecule has 0 aliphatic rings. The van der Waals surface area contributed by atoms with E-state index in [2.05, 4.69) is 5.32 Å². The minimum absolute atomic E-state index is 0.361. The summed E-state index contributed by atoms with van der Waals surface area (Å²) >= 11 is 0. The van der Waals surface area contributed by atoms with E-state index in [-0.39, 0.29) is 0 Å². The molecule has 1 atom stereocenters. The maximum absolute atomic E-state index is 11.8. The number of hydrogen-bond acceptors (Lipinski definition) is 4. The van der Waals surface area contributed by atoms with Crippen LogP contribution in [0, 0.1) is 6.92 Å². The average molecular weight is 264 g/mol. The van der Waals surface area contributed by atoms with Crippen molar-refractivity contribution in [1.82, 2.24) is 10.6 Å². The molecule has 0 heterocycles. The number of nitrogens with one attached hydrogen (secondary N) is 2. The maximum atomic E-state index is 11.8. The zero-order chi connectivity index (χ0) is 14.4. The third-order valence-corrected chi connectivity index (χ3v) is 2.37. The Bertz CT molecular complexity index is 499. The molecule has 0 fully saturated rings. The van der Waals surface area contributed by atoms with Crippen molar-refractivity contribution in [2.75, 3.05) is 7.05 Å². The lowest BCUT2D eigenvalue weighted by Gasteiger charge is -2.12. The molecule has 0 aromatic heterocycles. The van der Waals surface area contributed by atoms with Crippen LogP contribution in [0.25, 0.3) is 0 Å². The molecule has 1 rings (SSSR count). The van der Waals surface area contributed by atoms with Crippen molar-refractivity contribution in [3.8, 4) is 0 Å². The monoisotopic (exact) mass is 264 g/mol. The molecule has 102 valence electrons. The molecule has 0 saturated heterocycles. The Balaban J connectivity index is 2.61. The fourth-order valence-electron chi connectivity index (χ4n) is 1.33. The normalized spacial score (nSPS) is 11.3. The van der Waals surface area contributed by atoms with Crippen molar-refractivity contribution in [3.05, 3.63) is 35.4 Å². The molecule has 1 aromatic carbocycles. The summed E-state index contributed by atoms with van der Waals surface area (Å²) in [6.07, 6.45) is -1.05. The van der Waals surface area contributed by atoms with Gasteiger partial charge in [0.2, 0.25) is 0 Å². The highest BCUT2D eigenvalue weighted by Gasteiger charge is 2.20. The first-order chi connectivity index (χ1) is 8.93. The number of benzene rings is 1. The minimum atomic E-state index is -1.05. The quantitative estimate of drug-likeness (QED) is 0.797. The first-order valence-corrected chi connectivity index (χ1v) is 5.74. The van der Waals surface area contributed by atoms with Crippen LogP contribution in [0.5, 0.6) is 0 Å². The van der Waals surface area contributed by atoms with E-state index in [0.717, 1.165) is 5.56 Å². The van der Waals surface area contributed by atoms with Gasteiger partial charge in [-0.3, -0.25) is 10.1 Å². The third kappa shape index (κ3) is 4.42. The molecule has 0 aliphatic carbocycles. The summed E-state index contributed by atoms with van der Waals surface area (Å²) in [7, 11) is 1.38. The van der Waals surface area contributed by atoms with Crippen LogP contribution in [-0.4, -0.2) is 31.1 Å². The van der Waals surface area contributed by atoms with Crippen LogP contribution in [0.4, 0.5) is 4.79 Å². The standard InChI is InChI=1S/C13H16N2O4/c1-8-5-4-6-10(7-8)12(17)19-9(2)11(16)15-13(18)14-3/h4-7,9H,1-3H3,(H2,14,15,16,18). The van der Waals surface area contributed by atoms with Crippen LogP contribution in [0.1, 0.15) is 22.8 Å². The first kappa shape index (κ1) is 14.7. The van der Waals surface area contributed by atoms with Gasteiger partial charge >= 0.3 is 12.0 Å². The lowest BCUT2D eigenvalue weighted by Crippen LogP contribution is -2.43. The van der Waals surface area contributed by atoms with E-state index in [1.807, 2.05) is 18.3 Å². The van der Waals surface area contributed by atoms with Gasteiger partial charge in [0.05, 0.1) is 5.56 Å². The Morgan fingerprint density at radius 1 is 1.26 bits per heavy atom. The fourth-order valence-corrected chi connectivity index (χ4v) is 1.33. The van der Waals surface area contributed by atoms with E-state index >= 15 is 0 Å². The van der Waals surface area contributed by atoms with Gasteiger partial charge in [0, 0.05) is 7.05 Å². The Hall–Kier alpha value is -2.37. The van der Waals surface area contributed by atoms with Gasteiger partial charge in [0.1, 0.15) is 0 Å². The molecule has 3 amide bonds. The summed E-state index contributed by atoms with van der Waals surface area (Å²) in [6, 6.07) is 6.17. The largest absolute Gasteiger partial charge is 0.449 e. The maximum Gasteiger partial charge on any atom is 0.338 e. The van der Waals surface area contributed by atoms with Gasteiger partial charge in [0.15, 0.2) is 6.10 Å². The van der Waals surface area contributed by atoms with E-state index in [4.69, 9.17) is 4.74 Å². The van der Waals surface area contributed by atoms with Gasteiger partial charge in [-0.25, -0.2) is 9.59 Å². The van der Waals surface area contributed by atoms with E-state index < -0.39 is 24.0 Å². The molecule has 2 N–H and O–H groups in total. The number of ether oxygens (including phenoxy) is 1. The molecule has 0 aliphatic heterocycles. The summed E-state index contributed by atoms with van der Waals surface area (Å²) in [5.74, 6) is -1.29. The minimum Gasteiger partial charge on any atom is -0.449 e. The number of carbonyl (C=O) groups is 3. The molecule has 0 saturated carbocycles. The zero-order valence-electron chi connectivity index (χ0n) is 11.0. The van der Waals surface area contributed by atoms with Crippen LogP contribution in [0.3, 0.4) is 0 Å². The molecule has 19 heavy (non-hydrogen) atoms. The van der Waals surface area contributed by atoms with Gasteiger partial charge in [-0.2, -0.15) is 0 Å². The summed E-state index contributed by atoms with van der Waals surface area (Å²) in [5, 5.41) is 4.26. The summed E-state index contributed by atoms with van der Waals surface area (Å²) < 4.78 is 4.97. The predicted octanol–water partition coefficient (Wildman–Crippen LogP) is 0.996. The molecular formula is C13H16N2O4. The predicted molar refractivity (Wildman–Crippen MR) is 68.7 cm³/mol. The molecule has 0 bridgehead atoms. The lowest BCUT2D eigenvalue weighted by molar-refractivity contribution is -0.127. The number of aryl methyl sites for hydroxylation is 1. The van der Waals surface area contributed by atoms with E-state index in [1.54, 1.807) is 18.2 Å². The van der Waals surface area contributed by atoms with Crippen LogP contribution in [-0.2, 0) is 9.53 Å². The van der Waals surface area contributed by atoms with Crippen LogP contribution in [0.2, 0.25) is 0 Å². The first-order valence-electron chi connectivity index (χ1n) is 5.74. The van der Waals surface area contributed by atoms with E-state index in [0.29, 0.717) is 5.56 Å². The van der Waals surface area contributed by atoms with Gasteiger partial charge in [-0.15, -0.1) is 0 Å². The second kappa shape index (κ2) is 6.53. The lowest BCUT2D eigenvalue weighted by atomic mass is 10.1. The van der Waals surface area contributed by atoms with Crippen molar-refractivity contribution < 1.29 is 19.1 Å². The second-order valence-electron chi connectivity index (χ2n) is 3.99. The highest BCUT2D eigenvalue weighted by atomic mass is 16.5. The Kier molecular flexibility index (Phi) is 5.05. The highest BCUT2D eigenvalue weighted by Crippen LogP contribution is 2.07. The fraction of sp³-hybridized carbons (Fsp3) is 0.308. The smallest absolute Gasteiger partial charge is 0.338 e. The number of rotatable bonds is 3. The van der Waals surface area contributed by atoms with Crippen LogP contribution < -0.4 is 10.6 Å². The SMILES string of the molecule is CNC(=O)NC(=O)C(C)OC(=O)c1cccc(C)c1. The zero-order valence-corrected chi connectivity index (χ0v) is 11.0. The van der Waals surface area contributed by atoms with Gasteiger partial charge in [0.25, 0.3) is 5.91 Å². The van der Waals surface area contributed by atoms with Crippen LogP contribution >= 0.6 is 0 Å². The van der Waals surface area contributed by atoms with Crippen molar-refractivity contribution in [3.63, 3.8) is 0 Å². The van der Waals surface area contributed by atoms with Gasteiger partial charge in [-0.05, 0) is 26.0 Å². The summed E-state index contributed by atoms with van der Waals surface area (Å²) in [4.78, 5) is 34.2. The third-order valence-electron chi connectivity index (χ3n) is 2.37. The van der Waals surface area contributed by atoms with Crippen molar-refractivity contribution in [2.45, 2.75) is 20.0 Å². The topological polar surface area (TPSA) is 84.5 Å². The molecule has 0 radical (unpaired) electrons. The summed E-state index contributed by atoms with van der Waals surface area (Å²) in [5.41, 5.74) is 1.27. The molecular weight excluding hydrogens is 248 g/mol. The highest BCUT2D eigenvalue weighted by molar-refractivity contribution is 5.98. The number of imide groups is 1. The van der Waals surface area contributed by atoms with Crippen LogP contribution in [0.15, 0.2) is 24.3 Å². The number of hydrogen-bond donors (Lipinski definition) is 2. The van der Waals surface area contributed by atoms with E-state index in [9.17, 15) is 14.4 Å². The van der Waals surface area contributed by atoms with Crippen molar-refractivity contribution in [2.24, 2.45) is 0 Å². The number of amides is 3. The Labute approximate surface area is 111 Å². The number of urea groups is 1. The van der Waals surface area contributed by atoms with Gasteiger partial charge < -0.3 is 10.1 Å². The molecule has 6 heteroatoms. The number of carbonyl (C=O) groups excluding carboxylic acids is 3. The molecule has 1 aromatic rings. The molecule has 6 nitrogen and oxygen atoms in total. The van der Waals surface area contributed by atoms with Crippen molar-refractivity contribution >= 4 is 17.9 Å². The Morgan fingerprint density at radius 3 is 2.53 bits per heavy atom. The average Bonchev–Trinajstić information content (AvgIpc) is 2.38. The Morgan fingerprint density at radius 2 is 1.95 bits per heavy atom. The molecule has 1 unspecified atom stereocenters. The molecule has 0 spiro atoms. The second-order valence-corrected chi connectivity index (χ2v) is 3.99. The number of esters is 1. The van der Waals surface area contributed by atoms with Crippen molar-refractivity contribution in [1.29, 1.82) is 0 Å². The van der Waals surface area contributed by atoms with E-state index in [1.165, 1.54) is 14.0 Å².